The molecule has 6 rings (SSSR count). The van der Waals surface area contributed by atoms with Gasteiger partial charge in [-0.15, -0.1) is 0 Å². The summed E-state index contributed by atoms with van der Waals surface area (Å²) in [5.74, 6) is 0. The zero-order chi connectivity index (χ0) is 18.0. The molecule has 0 saturated heterocycles. The van der Waals surface area contributed by atoms with E-state index in [2.05, 4.69) is 108 Å². The van der Waals surface area contributed by atoms with Crippen molar-refractivity contribution in [2.75, 3.05) is 5.32 Å². The molecule has 2 unspecified atom stereocenters. The molecule has 130 valence electrons. The molecule has 0 bridgehead atoms. The van der Waals surface area contributed by atoms with Crippen LogP contribution in [-0.4, -0.2) is 4.57 Å². The first-order chi connectivity index (χ1) is 13.3. The fourth-order valence-corrected chi connectivity index (χ4v) is 4.93. The first-order valence-electron chi connectivity index (χ1n) is 9.51. The van der Waals surface area contributed by atoms with Crippen molar-refractivity contribution in [3.63, 3.8) is 0 Å². The predicted molar refractivity (Wildman–Crippen MR) is 112 cm³/mol. The Morgan fingerprint density at radius 1 is 0.852 bits per heavy atom. The van der Waals surface area contributed by atoms with Gasteiger partial charge in [-0.1, -0.05) is 66.7 Å². The number of hydrogen-bond donors (Lipinski definition) is 1. The van der Waals surface area contributed by atoms with Crippen LogP contribution in [0, 0.1) is 0 Å². The minimum Gasteiger partial charge on any atom is -0.375 e. The van der Waals surface area contributed by atoms with Gasteiger partial charge >= 0.3 is 0 Å². The monoisotopic (exact) mass is 348 g/mol. The molecule has 1 N–H and O–H groups in total. The van der Waals surface area contributed by atoms with E-state index in [4.69, 9.17) is 0 Å². The van der Waals surface area contributed by atoms with E-state index in [0.29, 0.717) is 0 Å². The number of rotatable bonds is 1. The summed E-state index contributed by atoms with van der Waals surface area (Å²) in [6.07, 6.45) is 4.72. The fraction of sp³-hybridized carbons (Fsp3) is 0.120. The van der Waals surface area contributed by atoms with Crippen LogP contribution in [0.25, 0.3) is 22.7 Å². The highest BCUT2D eigenvalue weighted by atomic mass is 15.1. The number of fused-ring (bicyclic) bond motifs is 7. The van der Waals surface area contributed by atoms with Crippen LogP contribution in [0.15, 0.2) is 84.9 Å². The van der Waals surface area contributed by atoms with Gasteiger partial charge < -0.3 is 9.88 Å². The van der Waals surface area contributed by atoms with Crippen molar-refractivity contribution in [2.45, 2.75) is 18.4 Å². The molecule has 0 saturated carbocycles. The van der Waals surface area contributed by atoms with Gasteiger partial charge in [0.1, 0.15) is 0 Å². The van der Waals surface area contributed by atoms with Crippen LogP contribution in [0.2, 0.25) is 0 Å². The summed E-state index contributed by atoms with van der Waals surface area (Å²) in [4.78, 5) is 0. The van der Waals surface area contributed by atoms with Crippen molar-refractivity contribution < 1.29 is 0 Å². The lowest BCUT2D eigenvalue weighted by molar-refractivity contribution is 0.514. The Hall–Kier alpha value is -3.26. The van der Waals surface area contributed by atoms with E-state index < -0.39 is 0 Å². The standard InChI is InChI=1S/C25H20N2/c1-25-16-15-19-18-11-5-8-14-22(18)27(17-9-3-2-4-10-17)23(19)24(25)26-21-13-7-6-12-20(21)25/h2-16,24,26H,1H3. The van der Waals surface area contributed by atoms with Crippen molar-refractivity contribution in [1.29, 1.82) is 0 Å². The van der Waals surface area contributed by atoms with Gasteiger partial charge in [-0.2, -0.15) is 0 Å². The Kier molecular flexibility index (Phi) is 2.83. The van der Waals surface area contributed by atoms with Crippen LogP contribution in [0.3, 0.4) is 0 Å². The average Bonchev–Trinajstić information content (AvgIpc) is 3.21. The van der Waals surface area contributed by atoms with Crippen LogP contribution < -0.4 is 5.32 Å². The smallest absolute Gasteiger partial charge is 0.0804 e. The molecular weight excluding hydrogens is 328 g/mol. The molecule has 1 aromatic heterocycles. The number of hydrogen-bond acceptors (Lipinski definition) is 1. The maximum absolute atomic E-state index is 3.83. The van der Waals surface area contributed by atoms with Gasteiger partial charge in [-0.05, 0) is 36.8 Å². The molecule has 27 heavy (non-hydrogen) atoms. The molecule has 0 fully saturated rings. The average molecular weight is 348 g/mol. The number of benzene rings is 3. The summed E-state index contributed by atoms with van der Waals surface area (Å²) in [5.41, 5.74) is 7.73. The molecule has 2 nitrogen and oxygen atoms in total. The van der Waals surface area contributed by atoms with E-state index in [1.165, 1.54) is 39.1 Å². The van der Waals surface area contributed by atoms with Crippen LogP contribution in [-0.2, 0) is 5.41 Å². The molecule has 2 atom stereocenters. The van der Waals surface area contributed by atoms with Gasteiger partial charge in [0, 0.05) is 27.7 Å². The second-order valence-corrected chi connectivity index (χ2v) is 7.73. The van der Waals surface area contributed by atoms with Crippen molar-refractivity contribution in [3.05, 3.63) is 102 Å². The van der Waals surface area contributed by atoms with Gasteiger partial charge in [0.15, 0.2) is 0 Å². The Morgan fingerprint density at radius 3 is 2.48 bits per heavy atom. The minimum atomic E-state index is -0.0511. The fourth-order valence-electron chi connectivity index (χ4n) is 4.93. The van der Waals surface area contributed by atoms with Crippen molar-refractivity contribution in [1.82, 2.24) is 4.57 Å². The lowest BCUT2D eigenvalue weighted by Gasteiger charge is -2.33. The number of nitrogens with one attached hydrogen (secondary N) is 1. The summed E-state index contributed by atoms with van der Waals surface area (Å²) in [7, 11) is 0. The summed E-state index contributed by atoms with van der Waals surface area (Å²) in [6, 6.07) is 28.4. The van der Waals surface area contributed by atoms with E-state index in [9.17, 15) is 0 Å². The second-order valence-electron chi connectivity index (χ2n) is 7.73. The third-order valence-corrected chi connectivity index (χ3v) is 6.24. The molecular formula is C25H20N2. The SMILES string of the molecule is CC12C=Cc3c(n(-c4ccccc4)c4ccccc34)C1Nc1ccccc12. The van der Waals surface area contributed by atoms with Gasteiger partial charge in [0.2, 0.25) is 0 Å². The molecule has 0 amide bonds. The van der Waals surface area contributed by atoms with Gasteiger partial charge in [0.05, 0.1) is 17.3 Å². The third kappa shape index (κ3) is 1.85. The van der Waals surface area contributed by atoms with Crippen LogP contribution in [0.1, 0.15) is 29.8 Å². The zero-order valence-corrected chi connectivity index (χ0v) is 15.2. The predicted octanol–water partition coefficient (Wildman–Crippen LogP) is 6.08. The normalized spacial score (nSPS) is 22.2. The molecule has 3 aromatic carbocycles. The quantitative estimate of drug-likeness (QED) is 0.441. The Labute approximate surface area is 158 Å². The van der Waals surface area contributed by atoms with Gasteiger partial charge in [0.25, 0.3) is 0 Å². The van der Waals surface area contributed by atoms with Gasteiger partial charge in [-0.25, -0.2) is 0 Å². The molecule has 0 radical (unpaired) electrons. The number of nitrogens with zero attached hydrogens (tertiary/aromatic N) is 1. The molecule has 1 aliphatic carbocycles. The van der Waals surface area contributed by atoms with E-state index in [0.717, 1.165) is 0 Å². The van der Waals surface area contributed by atoms with Crippen LogP contribution >= 0.6 is 0 Å². The maximum atomic E-state index is 3.83. The molecule has 1 aliphatic heterocycles. The molecule has 2 aliphatic rings. The molecule has 2 heterocycles. The number of aromatic nitrogens is 1. The van der Waals surface area contributed by atoms with Crippen LogP contribution in [0.5, 0.6) is 0 Å². The first kappa shape index (κ1) is 14.9. The number of para-hydroxylation sites is 3. The highest BCUT2D eigenvalue weighted by Gasteiger charge is 2.46. The second kappa shape index (κ2) is 5.14. The summed E-state index contributed by atoms with van der Waals surface area (Å²) in [5, 5.41) is 5.14. The summed E-state index contributed by atoms with van der Waals surface area (Å²) >= 11 is 0. The largest absolute Gasteiger partial charge is 0.375 e. The highest BCUT2D eigenvalue weighted by molar-refractivity contribution is 5.95. The van der Waals surface area contributed by atoms with E-state index in [1.54, 1.807) is 0 Å². The Balaban J connectivity index is 1.71. The van der Waals surface area contributed by atoms with Crippen molar-refractivity contribution in [2.24, 2.45) is 0 Å². The third-order valence-electron chi connectivity index (χ3n) is 6.24. The lowest BCUT2D eigenvalue weighted by Crippen LogP contribution is -2.31. The first-order valence-corrected chi connectivity index (χ1v) is 9.51. The Morgan fingerprint density at radius 2 is 1.59 bits per heavy atom. The molecule has 2 heteroatoms. The van der Waals surface area contributed by atoms with Crippen LogP contribution in [0.4, 0.5) is 5.69 Å². The van der Waals surface area contributed by atoms with Gasteiger partial charge in [-0.3, -0.25) is 0 Å². The highest BCUT2D eigenvalue weighted by Crippen LogP contribution is 2.54. The van der Waals surface area contributed by atoms with Crippen molar-refractivity contribution >= 4 is 22.7 Å². The summed E-state index contributed by atoms with van der Waals surface area (Å²) < 4.78 is 2.44. The zero-order valence-electron chi connectivity index (χ0n) is 15.2. The Bertz CT molecular complexity index is 1220. The minimum absolute atomic E-state index is 0.0511. The van der Waals surface area contributed by atoms with E-state index in [-0.39, 0.29) is 11.5 Å². The lowest BCUT2D eigenvalue weighted by atomic mass is 9.73. The van der Waals surface area contributed by atoms with E-state index in [1.807, 2.05) is 0 Å². The number of anilines is 1. The molecule has 4 aromatic rings. The van der Waals surface area contributed by atoms with E-state index >= 15 is 0 Å². The maximum Gasteiger partial charge on any atom is 0.0804 e. The summed E-state index contributed by atoms with van der Waals surface area (Å²) in [6.45, 7) is 2.35. The van der Waals surface area contributed by atoms with Crippen molar-refractivity contribution in [3.8, 4) is 5.69 Å². The molecule has 0 spiro atoms. The topological polar surface area (TPSA) is 17.0 Å².